The number of hydrogen-bond acceptors (Lipinski definition) is 4. The lowest BCUT2D eigenvalue weighted by molar-refractivity contribution is 0.194. The van der Waals surface area contributed by atoms with Crippen molar-refractivity contribution in [2.75, 3.05) is 25.1 Å². The molecule has 2 aromatic rings. The number of benzene rings is 2. The number of phenolic OH excluding ortho intramolecular Hbond substituents is 1. The highest BCUT2D eigenvalue weighted by Gasteiger charge is 2.24. The van der Waals surface area contributed by atoms with E-state index in [9.17, 15) is 5.11 Å². The molecule has 1 N–H and O–H groups in total. The van der Waals surface area contributed by atoms with E-state index in [4.69, 9.17) is 9.47 Å². The predicted octanol–water partition coefficient (Wildman–Crippen LogP) is 3.23. The molecule has 1 heterocycles. The Kier molecular flexibility index (Phi) is 4.09. The third kappa shape index (κ3) is 2.96. The topological polar surface area (TPSA) is 41.9 Å². The second-order valence-corrected chi connectivity index (χ2v) is 5.52. The summed E-state index contributed by atoms with van der Waals surface area (Å²) in [5.74, 6) is 1.99. The molecule has 1 unspecified atom stereocenters. The Morgan fingerprint density at radius 1 is 1.27 bits per heavy atom. The van der Waals surface area contributed by atoms with Crippen molar-refractivity contribution in [1.82, 2.24) is 0 Å². The van der Waals surface area contributed by atoms with Crippen LogP contribution < -0.4 is 14.4 Å². The number of aromatic hydroxyl groups is 1. The Morgan fingerprint density at radius 3 is 2.91 bits per heavy atom. The summed E-state index contributed by atoms with van der Waals surface area (Å²) in [6, 6.07) is 13.3. The number of fused-ring (bicyclic) bond motifs is 1. The number of rotatable bonds is 4. The predicted molar refractivity (Wildman–Crippen MR) is 87.1 cm³/mol. The van der Waals surface area contributed by atoms with Crippen LogP contribution in [-0.2, 0) is 6.42 Å². The van der Waals surface area contributed by atoms with Crippen molar-refractivity contribution in [3.63, 3.8) is 0 Å². The fraction of sp³-hybridized carbons (Fsp3) is 0.333. The number of para-hydroxylation sites is 1. The zero-order valence-electron chi connectivity index (χ0n) is 13.0. The van der Waals surface area contributed by atoms with Gasteiger partial charge in [-0.15, -0.1) is 0 Å². The molecule has 0 aromatic heterocycles. The van der Waals surface area contributed by atoms with Crippen LogP contribution in [0.5, 0.6) is 17.2 Å². The van der Waals surface area contributed by atoms with Crippen LogP contribution in [0.25, 0.3) is 0 Å². The number of ether oxygens (including phenoxy) is 2. The maximum absolute atomic E-state index is 9.60. The highest BCUT2D eigenvalue weighted by Crippen LogP contribution is 2.36. The van der Waals surface area contributed by atoms with E-state index in [0.29, 0.717) is 6.61 Å². The van der Waals surface area contributed by atoms with Crippen LogP contribution >= 0.6 is 0 Å². The Morgan fingerprint density at radius 2 is 2.09 bits per heavy atom. The summed E-state index contributed by atoms with van der Waals surface area (Å²) in [5.41, 5.74) is 2.08. The minimum Gasteiger partial charge on any atom is -0.508 e. The van der Waals surface area contributed by atoms with Gasteiger partial charge in [0.05, 0.1) is 18.8 Å². The molecule has 0 saturated heterocycles. The molecule has 1 aliphatic heterocycles. The van der Waals surface area contributed by atoms with Gasteiger partial charge < -0.3 is 19.5 Å². The maximum Gasteiger partial charge on any atom is 0.143 e. The highest BCUT2D eigenvalue weighted by molar-refractivity contribution is 5.62. The summed E-state index contributed by atoms with van der Waals surface area (Å²) < 4.78 is 11.8. The summed E-state index contributed by atoms with van der Waals surface area (Å²) in [6.45, 7) is 3.42. The van der Waals surface area contributed by atoms with Crippen LogP contribution in [0.3, 0.4) is 0 Å². The van der Waals surface area contributed by atoms with E-state index in [2.05, 4.69) is 11.0 Å². The fourth-order valence-electron chi connectivity index (χ4n) is 2.84. The first-order valence-electron chi connectivity index (χ1n) is 7.59. The van der Waals surface area contributed by atoms with Crippen molar-refractivity contribution in [3.8, 4) is 17.2 Å². The van der Waals surface area contributed by atoms with Crippen molar-refractivity contribution in [2.24, 2.45) is 0 Å². The lowest BCUT2D eigenvalue weighted by atomic mass is 10.0. The van der Waals surface area contributed by atoms with Crippen LogP contribution in [-0.4, -0.2) is 31.4 Å². The third-order valence-electron chi connectivity index (χ3n) is 3.84. The monoisotopic (exact) mass is 299 g/mol. The van der Waals surface area contributed by atoms with E-state index >= 15 is 0 Å². The van der Waals surface area contributed by atoms with Gasteiger partial charge >= 0.3 is 0 Å². The van der Waals surface area contributed by atoms with E-state index in [1.807, 2.05) is 38.2 Å². The summed E-state index contributed by atoms with van der Waals surface area (Å²) in [4.78, 5) is 2.12. The van der Waals surface area contributed by atoms with Gasteiger partial charge in [-0.3, -0.25) is 0 Å². The first-order chi connectivity index (χ1) is 10.7. The molecule has 0 saturated carbocycles. The molecule has 0 bridgehead atoms. The molecular formula is C18H21NO3. The number of nitrogens with zero attached hydrogens (tertiary/aromatic N) is 1. The van der Waals surface area contributed by atoms with Gasteiger partial charge in [0, 0.05) is 19.5 Å². The number of phenols is 1. The summed E-state index contributed by atoms with van der Waals surface area (Å²) in [6.07, 6.45) is 0.851. The first kappa shape index (κ1) is 14.6. The molecule has 0 amide bonds. The zero-order chi connectivity index (χ0) is 15.5. The van der Waals surface area contributed by atoms with Gasteiger partial charge in [0.1, 0.15) is 23.4 Å². The third-order valence-corrected chi connectivity index (χ3v) is 3.84. The zero-order valence-corrected chi connectivity index (χ0v) is 13.0. The van der Waals surface area contributed by atoms with Gasteiger partial charge in [0.25, 0.3) is 0 Å². The van der Waals surface area contributed by atoms with Crippen LogP contribution in [0.2, 0.25) is 0 Å². The SMILES string of the molecule is CCOc1ccccc1CC1CN(C)c2cc(O)ccc2O1. The molecule has 2 aromatic carbocycles. The quantitative estimate of drug-likeness (QED) is 0.941. The van der Waals surface area contributed by atoms with Gasteiger partial charge in [-0.1, -0.05) is 18.2 Å². The van der Waals surface area contributed by atoms with Crippen LogP contribution in [0.15, 0.2) is 42.5 Å². The van der Waals surface area contributed by atoms with E-state index in [-0.39, 0.29) is 11.9 Å². The second kappa shape index (κ2) is 6.18. The van der Waals surface area contributed by atoms with Gasteiger partial charge in [0.15, 0.2) is 0 Å². The van der Waals surface area contributed by atoms with Crippen molar-refractivity contribution < 1.29 is 14.6 Å². The molecule has 4 heteroatoms. The van der Waals surface area contributed by atoms with Crippen LogP contribution in [0, 0.1) is 0 Å². The van der Waals surface area contributed by atoms with Crippen molar-refractivity contribution >= 4 is 5.69 Å². The molecule has 0 fully saturated rings. The largest absolute Gasteiger partial charge is 0.508 e. The van der Waals surface area contributed by atoms with Crippen molar-refractivity contribution in [2.45, 2.75) is 19.4 Å². The molecule has 0 radical (unpaired) electrons. The van der Waals surface area contributed by atoms with Gasteiger partial charge in [-0.05, 0) is 30.7 Å². The molecule has 22 heavy (non-hydrogen) atoms. The molecule has 1 aliphatic rings. The average Bonchev–Trinajstić information content (AvgIpc) is 2.50. The summed E-state index contributed by atoms with van der Waals surface area (Å²) in [5, 5.41) is 9.60. The molecule has 3 rings (SSSR count). The van der Waals surface area contributed by atoms with Gasteiger partial charge in [-0.25, -0.2) is 0 Å². The maximum atomic E-state index is 9.60. The fourth-order valence-corrected chi connectivity index (χ4v) is 2.84. The molecular weight excluding hydrogens is 278 g/mol. The molecule has 4 nitrogen and oxygen atoms in total. The minimum absolute atomic E-state index is 0.0589. The number of hydrogen-bond donors (Lipinski definition) is 1. The lowest BCUT2D eigenvalue weighted by Crippen LogP contribution is -2.39. The Hall–Kier alpha value is -2.36. The van der Waals surface area contributed by atoms with E-state index in [0.717, 1.165) is 35.7 Å². The summed E-state index contributed by atoms with van der Waals surface area (Å²) in [7, 11) is 2.02. The Balaban J connectivity index is 1.79. The molecule has 0 spiro atoms. The standard InChI is InChI=1S/C18H21NO3/c1-3-21-17-7-5-4-6-13(17)10-15-12-19(2)16-11-14(20)8-9-18(16)22-15/h4-9,11,15,20H,3,10,12H2,1-2H3. The van der Waals surface area contributed by atoms with Gasteiger partial charge in [0.2, 0.25) is 0 Å². The Bertz CT molecular complexity index is 657. The highest BCUT2D eigenvalue weighted by atomic mass is 16.5. The van der Waals surface area contributed by atoms with Crippen LogP contribution in [0.1, 0.15) is 12.5 Å². The van der Waals surface area contributed by atoms with E-state index in [1.165, 1.54) is 0 Å². The average molecular weight is 299 g/mol. The lowest BCUT2D eigenvalue weighted by Gasteiger charge is -2.34. The molecule has 1 atom stereocenters. The minimum atomic E-state index is 0.0589. The van der Waals surface area contributed by atoms with Crippen LogP contribution in [0.4, 0.5) is 5.69 Å². The van der Waals surface area contributed by atoms with E-state index < -0.39 is 0 Å². The normalized spacial score (nSPS) is 16.8. The first-order valence-corrected chi connectivity index (χ1v) is 7.59. The van der Waals surface area contributed by atoms with Gasteiger partial charge in [-0.2, -0.15) is 0 Å². The summed E-state index contributed by atoms with van der Waals surface area (Å²) >= 11 is 0. The smallest absolute Gasteiger partial charge is 0.143 e. The molecule has 0 aliphatic carbocycles. The second-order valence-electron chi connectivity index (χ2n) is 5.52. The number of anilines is 1. The van der Waals surface area contributed by atoms with E-state index in [1.54, 1.807) is 12.1 Å². The Labute approximate surface area is 130 Å². The number of likely N-dealkylation sites (N-methyl/N-ethyl adjacent to an activating group) is 1. The van der Waals surface area contributed by atoms with Crippen molar-refractivity contribution in [1.29, 1.82) is 0 Å². The van der Waals surface area contributed by atoms with Crippen molar-refractivity contribution in [3.05, 3.63) is 48.0 Å². The molecule has 116 valence electrons.